The van der Waals surface area contributed by atoms with Crippen molar-refractivity contribution in [3.05, 3.63) is 29.3 Å². The van der Waals surface area contributed by atoms with Gasteiger partial charge in [0.25, 0.3) is 0 Å². The van der Waals surface area contributed by atoms with Gasteiger partial charge in [0.05, 0.1) is 13.2 Å². The first-order valence-electron chi connectivity index (χ1n) is 13.1. The van der Waals surface area contributed by atoms with Crippen LogP contribution in [0.3, 0.4) is 0 Å². The van der Waals surface area contributed by atoms with E-state index >= 15 is 0 Å². The Hall–Kier alpha value is -1.10. The fourth-order valence-electron chi connectivity index (χ4n) is 6.93. The number of benzene rings is 1. The van der Waals surface area contributed by atoms with E-state index in [2.05, 4.69) is 67.5 Å². The molecule has 0 aromatic heterocycles. The van der Waals surface area contributed by atoms with E-state index in [9.17, 15) is 0 Å². The van der Waals surface area contributed by atoms with E-state index in [0.717, 1.165) is 45.9 Å². The molecule has 4 rings (SSSR count). The molecule has 1 aliphatic carbocycles. The predicted molar refractivity (Wildman–Crippen MR) is 136 cm³/mol. The number of ether oxygens (including phenoxy) is 1. The Kier molecular flexibility index (Phi) is 7.53. The van der Waals surface area contributed by atoms with Crippen LogP contribution in [-0.4, -0.2) is 68.8 Å². The molecule has 2 saturated heterocycles. The molecule has 0 atom stereocenters. The Balaban J connectivity index is 1.60. The van der Waals surface area contributed by atoms with E-state index < -0.39 is 0 Å². The van der Waals surface area contributed by atoms with Crippen LogP contribution in [0.1, 0.15) is 77.3 Å². The Labute approximate surface area is 197 Å². The maximum absolute atomic E-state index is 5.57. The Morgan fingerprint density at radius 1 is 0.875 bits per heavy atom. The molecule has 180 valence electrons. The van der Waals surface area contributed by atoms with Crippen LogP contribution >= 0.6 is 0 Å². The minimum absolute atomic E-state index is 0.406. The molecule has 0 N–H and O–H groups in total. The zero-order valence-corrected chi connectivity index (χ0v) is 21.5. The summed E-state index contributed by atoms with van der Waals surface area (Å²) in [5.41, 5.74) is 5.44. The second-order valence-corrected chi connectivity index (χ2v) is 12.2. The van der Waals surface area contributed by atoms with Crippen LogP contribution in [0.4, 0.5) is 5.69 Å². The van der Waals surface area contributed by atoms with Gasteiger partial charge >= 0.3 is 0 Å². The number of hydrogen-bond acceptors (Lipinski definition) is 4. The SMILES string of the molecule is CCCN1CCN(c2ccc(CN3CCOCC3)cc2C2CC(C)(C)CC(C)(C)C2)CC1. The standard InChI is InChI=1S/C28H47N3O/c1-6-9-29-10-12-31(13-11-29)26-8-7-23(21-30-14-16-32-17-15-30)18-25(26)24-19-27(2,3)22-28(4,5)20-24/h7-8,18,24H,6,9-17,19-22H2,1-5H3. The van der Waals surface area contributed by atoms with E-state index in [4.69, 9.17) is 4.74 Å². The summed E-state index contributed by atoms with van der Waals surface area (Å²) < 4.78 is 5.57. The zero-order valence-electron chi connectivity index (χ0n) is 21.5. The van der Waals surface area contributed by atoms with Crippen LogP contribution in [0.25, 0.3) is 0 Å². The summed E-state index contributed by atoms with van der Waals surface area (Å²) in [5.74, 6) is 0.655. The van der Waals surface area contributed by atoms with Crippen LogP contribution in [0, 0.1) is 10.8 Å². The molecule has 32 heavy (non-hydrogen) atoms. The summed E-state index contributed by atoms with van der Waals surface area (Å²) in [7, 11) is 0. The fourth-order valence-corrected chi connectivity index (χ4v) is 6.93. The molecule has 3 aliphatic rings. The number of hydrogen-bond donors (Lipinski definition) is 0. The van der Waals surface area contributed by atoms with Gasteiger partial charge in [-0.1, -0.05) is 46.8 Å². The molecule has 0 radical (unpaired) electrons. The lowest BCUT2D eigenvalue weighted by molar-refractivity contribution is 0.0341. The van der Waals surface area contributed by atoms with Gasteiger partial charge in [0.15, 0.2) is 0 Å². The van der Waals surface area contributed by atoms with Gasteiger partial charge in [-0.2, -0.15) is 0 Å². The Morgan fingerprint density at radius 3 is 2.16 bits per heavy atom. The van der Waals surface area contributed by atoms with Gasteiger partial charge in [-0.15, -0.1) is 0 Å². The summed E-state index contributed by atoms with van der Waals surface area (Å²) in [6.07, 6.45) is 5.20. The van der Waals surface area contributed by atoms with Crippen LogP contribution < -0.4 is 4.90 Å². The highest BCUT2D eigenvalue weighted by Crippen LogP contribution is 2.53. The van der Waals surface area contributed by atoms with Crippen molar-refractivity contribution in [3.8, 4) is 0 Å². The number of morpholine rings is 1. The zero-order chi connectivity index (χ0) is 22.8. The molecule has 0 amide bonds. The van der Waals surface area contributed by atoms with Crippen LogP contribution in [0.5, 0.6) is 0 Å². The maximum atomic E-state index is 5.57. The van der Waals surface area contributed by atoms with Crippen molar-refractivity contribution in [2.75, 3.05) is 63.9 Å². The molecular weight excluding hydrogens is 394 g/mol. The van der Waals surface area contributed by atoms with E-state index in [1.165, 1.54) is 56.6 Å². The third-order valence-electron chi connectivity index (χ3n) is 7.85. The van der Waals surface area contributed by atoms with Crippen molar-refractivity contribution in [1.29, 1.82) is 0 Å². The molecule has 1 saturated carbocycles. The summed E-state index contributed by atoms with van der Waals surface area (Å²) in [5, 5.41) is 0. The van der Waals surface area contributed by atoms with Gasteiger partial charge in [-0.25, -0.2) is 0 Å². The summed E-state index contributed by atoms with van der Waals surface area (Å²) in [6.45, 7) is 23.1. The van der Waals surface area contributed by atoms with Crippen molar-refractivity contribution in [3.63, 3.8) is 0 Å². The second kappa shape index (κ2) is 10.0. The molecule has 1 aromatic rings. The average molecular weight is 442 g/mol. The molecule has 2 heterocycles. The fraction of sp³-hybridized carbons (Fsp3) is 0.786. The molecule has 3 fully saturated rings. The molecule has 0 spiro atoms. The van der Waals surface area contributed by atoms with Gasteiger partial charge in [-0.3, -0.25) is 9.80 Å². The molecule has 4 nitrogen and oxygen atoms in total. The number of anilines is 1. The highest BCUT2D eigenvalue weighted by Gasteiger charge is 2.40. The van der Waals surface area contributed by atoms with Crippen molar-refractivity contribution in [2.24, 2.45) is 10.8 Å². The van der Waals surface area contributed by atoms with Gasteiger partial charge in [0, 0.05) is 51.5 Å². The lowest BCUT2D eigenvalue weighted by Gasteiger charge is -2.46. The highest BCUT2D eigenvalue weighted by molar-refractivity contribution is 5.57. The van der Waals surface area contributed by atoms with E-state index in [1.807, 2.05) is 0 Å². The largest absolute Gasteiger partial charge is 0.379 e. The van der Waals surface area contributed by atoms with Crippen LogP contribution in [0.15, 0.2) is 18.2 Å². The van der Waals surface area contributed by atoms with E-state index in [-0.39, 0.29) is 0 Å². The third kappa shape index (κ3) is 6.07. The summed E-state index contributed by atoms with van der Waals surface area (Å²) in [4.78, 5) is 7.88. The number of piperazine rings is 1. The Bertz CT molecular complexity index is 729. The van der Waals surface area contributed by atoms with Crippen LogP contribution in [-0.2, 0) is 11.3 Å². The van der Waals surface area contributed by atoms with Gasteiger partial charge in [0.1, 0.15) is 0 Å². The minimum Gasteiger partial charge on any atom is -0.379 e. The second-order valence-electron chi connectivity index (χ2n) is 12.2. The monoisotopic (exact) mass is 441 g/mol. The van der Waals surface area contributed by atoms with Gasteiger partial charge in [0.2, 0.25) is 0 Å². The molecular formula is C28H47N3O. The van der Waals surface area contributed by atoms with Gasteiger partial charge in [-0.05, 0) is 66.2 Å². The first-order chi connectivity index (χ1) is 15.2. The average Bonchev–Trinajstić information content (AvgIpc) is 2.73. The molecule has 4 heteroatoms. The van der Waals surface area contributed by atoms with Crippen molar-refractivity contribution >= 4 is 5.69 Å². The van der Waals surface area contributed by atoms with E-state index in [0.29, 0.717) is 16.7 Å². The lowest BCUT2D eigenvalue weighted by Crippen LogP contribution is -2.47. The topological polar surface area (TPSA) is 19.0 Å². The lowest BCUT2D eigenvalue weighted by atomic mass is 9.60. The summed E-state index contributed by atoms with van der Waals surface area (Å²) in [6, 6.07) is 7.46. The van der Waals surface area contributed by atoms with Gasteiger partial charge < -0.3 is 9.64 Å². The summed E-state index contributed by atoms with van der Waals surface area (Å²) >= 11 is 0. The molecule has 1 aromatic carbocycles. The Morgan fingerprint density at radius 2 is 1.53 bits per heavy atom. The minimum atomic E-state index is 0.406. The number of rotatable bonds is 6. The predicted octanol–water partition coefficient (Wildman–Crippen LogP) is 5.37. The van der Waals surface area contributed by atoms with Crippen molar-refractivity contribution in [2.45, 2.75) is 72.8 Å². The molecule has 2 aliphatic heterocycles. The first-order valence-corrected chi connectivity index (χ1v) is 13.1. The van der Waals surface area contributed by atoms with Crippen molar-refractivity contribution < 1.29 is 4.74 Å². The van der Waals surface area contributed by atoms with Crippen molar-refractivity contribution in [1.82, 2.24) is 9.80 Å². The normalized spacial score (nSPS) is 25.2. The first kappa shape index (κ1) is 24.0. The van der Waals surface area contributed by atoms with Crippen LogP contribution in [0.2, 0.25) is 0 Å². The molecule has 0 bridgehead atoms. The maximum Gasteiger partial charge on any atom is 0.0594 e. The highest BCUT2D eigenvalue weighted by atomic mass is 16.5. The smallest absolute Gasteiger partial charge is 0.0594 e. The quantitative estimate of drug-likeness (QED) is 0.591. The van der Waals surface area contributed by atoms with E-state index in [1.54, 1.807) is 5.56 Å². The third-order valence-corrected chi connectivity index (χ3v) is 7.85. The molecule has 0 unspecified atom stereocenters. The number of nitrogens with zero attached hydrogens (tertiary/aromatic N) is 3.